The number of aromatic nitrogens is 1. The highest BCUT2D eigenvalue weighted by molar-refractivity contribution is 6.32. The fourth-order valence-corrected chi connectivity index (χ4v) is 5.22. The second-order valence-electron chi connectivity index (χ2n) is 10.1. The number of carbonyl (C=O) groups is 1. The first kappa shape index (κ1) is 22.9. The minimum absolute atomic E-state index is 0.0779. The van der Waals surface area contributed by atoms with Crippen LogP contribution in [0.1, 0.15) is 51.0 Å². The van der Waals surface area contributed by atoms with E-state index < -0.39 is 5.41 Å². The van der Waals surface area contributed by atoms with E-state index in [1.807, 2.05) is 18.3 Å². The predicted octanol–water partition coefficient (Wildman–Crippen LogP) is 5.57. The summed E-state index contributed by atoms with van der Waals surface area (Å²) in [6.45, 7) is 2.12. The minimum atomic E-state index is -0.457. The Hall–Kier alpha value is -2.83. The summed E-state index contributed by atoms with van der Waals surface area (Å²) < 4.78 is 5.29. The van der Waals surface area contributed by atoms with Crippen LogP contribution in [0.5, 0.6) is 11.5 Å². The van der Waals surface area contributed by atoms with E-state index in [0.717, 1.165) is 78.1 Å². The summed E-state index contributed by atoms with van der Waals surface area (Å²) in [7, 11) is 1.50. The lowest BCUT2D eigenvalue weighted by Gasteiger charge is -2.35. The number of rotatable bonds is 6. The molecule has 0 amide bonds. The number of nitrogens with one attached hydrogen (secondary N) is 1. The number of hydrogen-bond acceptors (Lipinski definition) is 6. The van der Waals surface area contributed by atoms with Gasteiger partial charge in [-0.1, -0.05) is 17.7 Å². The average molecular weight is 480 g/mol. The van der Waals surface area contributed by atoms with Crippen LogP contribution in [0.25, 0.3) is 22.0 Å². The SMILES string of the molecule is COc1cc(-c2ccc3ncc(C4(C=O)CC4)c(NC4CCC(C)(N)CC4)c3c2)cc(Cl)c1O. The van der Waals surface area contributed by atoms with Gasteiger partial charge in [0.2, 0.25) is 0 Å². The van der Waals surface area contributed by atoms with E-state index in [4.69, 9.17) is 27.1 Å². The number of methoxy groups -OCH3 is 1. The second kappa shape index (κ2) is 8.43. The van der Waals surface area contributed by atoms with Gasteiger partial charge >= 0.3 is 0 Å². The normalized spacial score (nSPS) is 23.5. The maximum Gasteiger partial charge on any atom is 0.176 e. The van der Waals surface area contributed by atoms with Crippen molar-refractivity contribution in [3.05, 3.63) is 47.1 Å². The molecule has 178 valence electrons. The predicted molar refractivity (Wildman–Crippen MR) is 136 cm³/mol. The number of pyridine rings is 1. The van der Waals surface area contributed by atoms with Gasteiger partial charge in [-0.2, -0.15) is 0 Å². The van der Waals surface area contributed by atoms with Gasteiger partial charge in [0.05, 0.1) is 23.1 Å². The monoisotopic (exact) mass is 479 g/mol. The third-order valence-corrected chi connectivity index (χ3v) is 7.76. The van der Waals surface area contributed by atoms with E-state index >= 15 is 0 Å². The van der Waals surface area contributed by atoms with E-state index in [1.54, 1.807) is 12.1 Å². The summed E-state index contributed by atoms with van der Waals surface area (Å²) in [4.78, 5) is 16.8. The fourth-order valence-electron chi connectivity index (χ4n) is 5.01. The Kier molecular flexibility index (Phi) is 5.69. The molecule has 4 N–H and O–H groups in total. The molecule has 7 heteroatoms. The number of benzene rings is 2. The number of aromatic hydroxyl groups is 1. The average Bonchev–Trinajstić information content (AvgIpc) is 3.63. The Bertz CT molecular complexity index is 1260. The van der Waals surface area contributed by atoms with Gasteiger partial charge in [-0.15, -0.1) is 0 Å². The highest BCUT2D eigenvalue weighted by Crippen LogP contribution is 2.51. The Labute approximate surface area is 204 Å². The molecule has 0 aliphatic heterocycles. The molecule has 0 saturated heterocycles. The van der Waals surface area contributed by atoms with Gasteiger partial charge in [-0.3, -0.25) is 4.98 Å². The molecule has 3 aromatic rings. The third-order valence-electron chi connectivity index (χ3n) is 7.48. The largest absolute Gasteiger partial charge is 0.503 e. The van der Waals surface area contributed by atoms with Gasteiger partial charge in [0.25, 0.3) is 0 Å². The van der Waals surface area contributed by atoms with Gasteiger partial charge in [0, 0.05) is 34.4 Å². The van der Waals surface area contributed by atoms with Crippen molar-refractivity contribution in [1.29, 1.82) is 0 Å². The molecule has 1 heterocycles. The van der Waals surface area contributed by atoms with Gasteiger partial charge in [-0.25, -0.2) is 0 Å². The Morgan fingerprint density at radius 2 is 1.91 bits per heavy atom. The second-order valence-corrected chi connectivity index (χ2v) is 10.5. The van der Waals surface area contributed by atoms with E-state index in [0.29, 0.717) is 5.75 Å². The van der Waals surface area contributed by atoms with Gasteiger partial charge in [-0.05, 0) is 80.8 Å². The van der Waals surface area contributed by atoms with Gasteiger partial charge in [0.15, 0.2) is 11.5 Å². The molecule has 0 unspecified atom stereocenters. The Balaban J connectivity index is 1.62. The van der Waals surface area contributed by atoms with Crippen molar-refractivity contribution in [3.8, 4) is 22.6 Å². The zero-order valence-corrected chi connectivity index (χ0v) is 20.3. The van der Waals surface area contributed by atoms with Crippen molar-refractivity contribution in [2.75, 3.05) is 12.4 Å². The zero-order valence-electron chi connectivity index (χ0n) is 19.5. The van der Waals surface area contributed by atoms with E-state index in [-0.39, 0.29) is 22.4 Å². The molecule has 2 saturated carbocycles. The number of hydrogen-bond donors (Lipinski definition) is 3. The molecule has 2 aliphatic carbocycles. The molecular weight excluding hydrogens is 450 g/mol. The number of fused-ring (bicyclic) bond motifs is 1. The summed E-state index contributed by atoms with van der Waals surface area (Å²) in [6.07, 6.45) is 8.50. The lowest BCUT2D eigenvalue weighted by Crippen LogP contribution is -2.43. The maximum atomic E-state index is 12.1. The number of ether oxygens (including phenoxy) is 1. The van der Waals surface area contributed by atoms with Crippen molar-refractivity contribution in [3.63, 3.8) is 0 Å². The molecule has 2 fully saturated rings. The van der Waals surface area contributed by atoms with Crippen LogP contribution in [0, 0.1) is 0 Å². The molecule has 2 aromatic carbocycles. The van der Waals surface area contributed by atoms with Gasteiger partial charge in [0.1, 0.15) is 6.29 Å². The summed E-state index contributed by atoms with van der Waals surface area (Å²) >= 11 is 6.26. The number of carbonyl (C=O) groups excluding carboxylic acids is 1. The highest BCUT2D eigenvalue weighted by atomic mass is 35.5. The van der Waals surface area contributed by atoms with Crippen molar-refractivity contribution >= 4 is 34.5 Å². The summed E-state index contributed by atoms with van der Waals surface area (Å²) in [6, 6.07) is 9.81. The standard InChI is InChI=1S/C27H30ClN3O3/c1-26(29)7-5-18(6-8-26)31-24-19-11-16(17-12-21(28)25(33)23(13-17)34-2)3-4-22(19)30-14-20(24)27(15-32)9-10-27/h3-4,11-15,18,33H,5-10,29H2,1-2H3,(H,30,31). The smallest absolute Gasteiger partial charge is 0.176 e. The van der Waals surface area contributed by atoms with Crippen LogP contribution in [-0.2, 0) is 10.2 Å². The third kappa shape index (κ3) is 4.10. The topological polar surface area (TPSA) is 97.5 Å². The van der Waals surface area contributed by atoms with Crippen molar-refractivity contribution in [2.45, 2.75) is 62.4 Å². The van der Waals surface area contributed by atoms with Crippen molar-refractivity contribution in [1.82, 2.24) is 4.98 Å². The van der Waals surface area contributed by atoms with Crippen LogP contribution in [-0.4, -0.2) is 35.1 Å². The zero-order chi connectivity index (χ0) is 24.1. The molecule has 34 heavy (non-hydrogen) atoms. The summed E-state index contributed by atoms with van der Waals surface area (Å²) in [5.74, 6) is 0.239. The molecular formula is C27H30ClN3O3. The lowest BCUT2D eigenvalue weighted by atomic mass is 9.81. The molecule has 6 nitrogen and oxygen atoms in total. The molecule has 2 aliphatic rings. The minimum Gasteiger partial charge on any atom is -0.503 e. The molecule has 0 spiro atoms. The summed E-state index contributed by atoms with van der Waals surface area (Å²) in [5, 5.41) is 15.1. The van der Waals surface area contributed by atoms with Crippen molar-refractivity contribution < 1.29 is 14.6 Å². The van der Waals surface area contributed by atoms with Crippen molar-refractivity contribution in [2.24, 2.45) is 5.73 Å². The molecule has 5 rings (SSSR count). The number of aldehydes is 1. The number of nitrogens with zero attached hydrogens (tertiary/aromatic N) is 1. The number of phenolic OH excluding ortho intramolecular Hbond substituents is 1. The Morgan fingerprint density at radius 3 is 2.56 bits per heavy atom. The van der Waals surface area contributed by atoms with Crippen LogP contribution in [0.4, 0.5) is 5.69 Å². The first-order chi connectivity index (χ1) is 16.2. The molecule has 0 radical (unpaired) electrons. The van der Waals surface area contributed by atoms with Crippen LogP contribution in [0.15, 0.2) is 36.5 Å². The van der Waals surface area contributed by atoms with Crippen LogP contribution >= 0.6 is 11.6 Å². The van der Waals surface area contributed by atoms with Crippen LogP contribution < -0.4 is 15.8 Å². The molecule has 0 atom stereocenters. The first-order valence-corrected chi connectivity index (χ1v) is 12.1. The fraction of sp³-hybridized carbons (Fsp3) is 0.407. The number of anilines is 1. The van der Waals surface area contributed by atoms with E-state index in [9.17, 15) is 9.90 Å². The number of halogens is 1. The highest BCUT2D eigenvalue weighted by Gasteiger charge is 2.46. The quantitative estimate of drug-likeness (QED) is 0.400. The number of nitrogens with two attached hydrogens (primary N) is 1. The molecule has 0 bridgehead atoms. The molecule has 1 aromatic heterocycles. The van der Waals surface area contributed by atoms with Crippen LogP contribution in [0.2, 0.25) is 5.02 Å². The van der Waals surface area contributed by atoms with E-state index in [2.05, 4.69) is 18.3 Å². The maximum absolute atomic E-state index is 12.1. The van der Waals surface area contributed by atoms with Gasteiger partial charge < -0.3 is 25.7 Å². The number of phenols is 1. The van der Waals surface area contributed by atoms with E-state index in [1.165, 1.54) is 7.11 Å². The first-order valence-electron chi connectivity index (χ1n) is 11.8. The Morgan fingerprint density at radius 1 is 1.18 bits per heavy atom. The summed E-state index contributed by atoms with van der Waals surface area (Å²) in [5.41, 5.74) is 10.3. The van der Waals surface area contributed by atoms with Crippen LogP contribution in [0.3, 0.4) is 0 Å². The lowest BCUT2D eigenvalue weighted by molar-refractivity contribution is -0.109.